The van der Waals surface area contributed by atoms with Gasteiger partial charge in [-0.25, -0.2) is 0 Å². The first-order valence-electron chi connectivity index (χ1n) is 7.49. The smallest absolute Gasteiger partial charge is 0.226 e. The Morgan fingerprint density at radius 3 is 2.65 bits per heavy atom. The number of para-hydroxylation sites is 2. The lowest BCUT2D eigenvalue weighted by atomic mass is 10.1. The van der Waals surface area contributed by atoms with Gasteiger partial charge in [0, 0.05) is 23.0 Å². The highest BCUT2D eigenvalue weighted by Crippen LogP contribution is 2.31. The third-order valence-electron chi connectivity index (χ3n) is 3.98. The SMILES string of the molecule is C[C@H]1CC(=O)Nc2ccccc2N1CC(=O)c1ccc(Cl)cc1. The summed E-state index contributed by atoms with van der Waals surface area (Å²) >= 11 is 5.87. The molecule has 0 saturated carbocycles. The number of halogens is 1. The molecule has 1 N–H and O–H groups in total. The van der Waals surface area contributed by atoms with Gasteiger partial charge in [0.15, 0.2) is 5.78 Å². The van der Waals surface area contributed by atoms with Crippen molar-refractivity contribution in [2.24, 2.45) is 0 Å². The standard InChI is InChI=1S/C18H17ClN2O2/c1-12-10-18(23)20-15-4-2-3-5-16(15)21(12)11-17(22)13-6-8-14(19)9-7-13/h2-9,12H,10-11H2,1H3,(H,20,23)/t12-/m0/s1. The van der Waals surface area contributed by atoms with Crippen LogP contribution < -0.4 is 10.2 Å². The van der Waals surface area contributed by atoms with E-state index in [9.17, 15) is 9.59 Å². The highest BCUT2D eigenvalue weighted by atomic mass is 35.5. The van der Waals surface area contributed by atoms with Crippen molar-refractivity contribution in [3.63, 3.8) is 0 Å². The van der Waals surface area contributed by atoms with Crippen molar-refractivity contribution in [3.8, 4) is 0 Å². The summed E-state index contributed by atoms with van der Waals surface area (Å²) < 4.78 is 0. The molecule has 0 aromatic heterocycles. The summed E-state index contributed by atoms with van der Waals surface area (Å²) in [5.41, 5.74) is 2.22. The maximum atomic E-state index is 12.6. The summed E-state index contributed by atoms with van der Waals surface area (Å²) in [6.45, 7) is 2.17. The summed E-state index contributed by atoms with van der Waals surface area (Å²) in [5, 5.41) is 3.50. The summed E-state index contributed by atoms with van der Waals surface area (Å²) in [4.78, 5) is 26.5. The number of nitrogens with one attached hydrogen (secondary N) is 1. The van der Waals surface area contributed by atoms with Crippen LogP contribution in [-0.4, -0.2) is 24.3 Å². The molecule has 0 fully saturated rings. The maximum Gasteiger partial charge on any atom is 0.226 e. The number of Topliss-reactive ketones (excluding diaryl/α,β-unsaturated/α-hetero) is 1. The normalized spacial score (nSPS) is 17.2. The number of hydrogen-bond donors (Lipinski definition) is 1. The Morgan fingerprint density at radius 2 is 1.91 bits per heavy atom. The van der Waals surface area contributed by atoms with Crippen LogP contribution in [0.15, 0.2) is 48.5 Å². The average molecular weight is 329 g/mol. The molecule has 2 aromatic rings. The number of nitrogens with zero attached hydrogens (tertiary/aromatic N) is 1. The molecule has 0 saturated heterocycles. The highest BCUT2D eigenvalue weighted by Gasteiger charge is 2.26. The zero-order valence-corrected chi connectivity index (χ0v) is 13.5. The van der Waals surface area contributed by atoms with E-state index in [4.69, 9.17) is 11.6 Å². The lowest BCUT2D eigenvalue weighted by molar-refractivity contribution is -0.116. The second kappa shape index (κ2) is 6.42. The zero-order chi connectivity index (χ0) is 16.4. The number of hydrogen-bond acceptors (Lipinski definition) is 3. The molecule has 0 unspecified atom stereocenters. The van der Waals surface area contributed by atoms with E-state index >= 15 is 0 Å². The van der Waals surface area contributed by atoms with Crippen molar-refractivity contribution < 1.29 is 9.59 Å². The van der Waals surface area contributed by atoms with E-state index in [-0.39, 0.29) is 24.3 Å². The van der Waals surface area contributed by atoms with Gasteiger partial charge in [0.05, 0.1) is 17.9 Å². The van der Waals surface area contributed by atoms with Gasteiger partial charge < -0.3 is 10.2 Å². The third-order valence-corrected chi connectivity index (χ3v) is 4.23. The fraction of sp³-hybridized carbons (Fsp3) is 0.222. The summed E-state index contributed by atoms with van der Waals surface area (Å²) in [6.07, 6.45) is 0.350. The molecule has 1 amide bonds. The van der Waals surface area contributed by atoms with E-state index in [0.717, 1.165) is 11.4 Å². The molecule has 2 aromatic carbocycles. The number of fused-ring (bicyclic) bond motifs is 1. The Labute approximate surface area is 140 Å². The van der Waals surface area contributed by atoms with Gasteiger partial charge in [0.1, 0.15) is 0 Å². The van der Waals surface area contributed by atoms with Gasteiger partial charge in [0.2, 0.25) is 5.91 Å². The van der Waals surface area contributed by atoms with Gasteiger partial charge in [-0.05, 0) is 43.3 Å². The Balaban J connectivity index is 1.90. The Hall–Kier alpha value is -2.33. The van der Waals surface area contributed by atoms with Crippen LogP contribution in [0.1, 0.15) is 23.7 Å². The molecule has 3 rings (SSSR count). The Kier molecular flexibility index (Phi) is 4.35. The number of ketones is 1. The van der Waals surface area contributed by atoms with Crippen LogP contribution in [0.25, 0.3) is 0 Å². The second-order valence-electron chi connectivity index (χ2n) is 5.68. The maximum absolute atomic E-state index is 12.6. The third kappa shape index (κ3) is 3.37. The van der Waals surface area contributed by atoms with Gasteiger partial charge in [-0.2, -0.15) is 0 Å². The van der Waals surface area contributed by atoms with Gasteiger partial charge >= 0.3 is 0 Å². The monoisotopic (exact) mass is 328 g/mol. The van der Waals surface area contributed by atoms with E-state index in [0.29, 0.717) is 17.0 Å². The molecule has 23 heavy (non-hydrogen) atoms. The minimum Gasteiger partial charge on any atom is -0.359 e. The van der Waals surface area contributed by atoms with E-state index in [1.54, 1.807) is 24.3 Å². The van der Waals surface area contributed by atoms with Crippen LogP contribution in [0.4, 0.5) is 11.4 Å². The number of benzene rings is 2. The average Bonchev–Trinajstić information content (AvgIpc) is 2.64. The summed E-state index contributed by atoms with van der Waals surface area (Å²) in [7, 11) is 0. The summed E-state index contributed by atoms with van der Waals surface area (Å²) in [5.74, 6) is -0.0379. The van der Waals surface area contributed by atoms with Crippen molar-refractivity contribution in [2.75, 3.05) is 16.8 Å². The predicted molar refractivity (Wildman–Crippen MR) is 92.3 cm³/mol. The topological polar surface area (TPSA) is 49.4 Å². The predicted octanol–water partition coefficient (Wildman–Crippen LogP) is 3.76. The molecule has 118 valence electrons. The van der Waals surface area contributed by atoms with Crippen LogP contribution in [0, 0.1) is 0 Å². The molecule has 4 nitrogen and oxygen atoms in total. The fourth-order valence-electron chi connectivity index (χ4n) is 2.77. The van der Waals surface area contributed by atoms with Crippen LogP contribution in [0.5, 0.6) is 0 Å². The quantitative estimate of drug-likeness (QED) is 0.873. The minimum absolute atomic E-state index is 0.00216. The van der Waals surface area contributed by atoms with Gasteiger partial charge in [-0.15, -0.1) is 0 Å². The zero-order valence-electron chi connectivity index (χ0n) is 12.8. The molecule has 1 aliphatic heterocycles. The van der Waals surface area contributed by atoms with Crippen molar-refractivity contribution in [2.45, 2.75) is 19.4 Å². The number of amides is 1. The Morgan fingerprint density at radius 1 is 1.22 bits per heavy atom. The molecule has 0 aliphatic carbocycles. The van der Waals surface area contributed by atoms with E-state index in [2.05, 4.69) is 5.32 Å². The number of rotatable bonds is 3. The molecular formula is C18H17ClN2O2. The van der Waals surface area contributed by atoms with Gasteiger partial charge in [-0.3, -0.25) is 9.59 Å². The molecule has 5 heteroatoms. The molecule has 0 spiro atoms. The van der Waals surface area contributed by atoms with Crippen LogP contribution >= 0.6 is 11.6 Å². The van der Waals surface area contributed by atoms with E-state index < -0.39 is 0 Å². The fourth-order valence-corrected chi connectivity index (χ4v) is 2.90. The molecular weight excluding hydrogens is 312 g/mol. The van der Waals surface area contributed by atoms with Crippen LogP contribution in [-0.2, 0) is 4.79 Å². The van der Waals surface area contributed by atoms with Crippen LogP contribution in [0.2, 0.25) is 5.02 Å². The highest BCUT2D eigenvalue weighted by molar-refractivity contribution is 6.30. The van der Waals surface area contributed by atoms with Gasteiger partial charge in [-0.1, -0.05) is 23.7 Å². The van der Waals surface area contributed by atoms with Crippen LogP contribution in [0.3, 0.4) is 0 Å². The molecule has 0 radical (unpaired) electrons. The van der Waals surface area contributed by atoms with Crippen molar-refractivity contribution in [1.82, 2.24) is 0 Å². The number of carbonyl (C=O) groups is 2. The first kappa shape index (κ1) is 15.6. The lowest BCUT2D eigenvalue weighted by Crippen LogP contribution is -2.37. The van der Waals surface area contributed by atoms with Crippen molar-refractivity contribution >= 4 is 34.7 Å². The molecule has 1 aliphatic rings. The first-order chi connectivity index (χ1) is 11.0. The van der Waals surface area contributed by atoms with E-state index in [1.807, 2.05) is 36.1 Å². The van der Waals surface area contributed by atoms with E-state index in [1.165, 1.54) is 0 Å². The largest absolute Gasteiger partial charge is 0.359 e. The van der Waals surface area contributed by atoms with Crippen molar-refractivity contribution in [3.05, 3.63) is 59.1 Å². The van der Waals surface area contributed by atoms with Crippen molar-refractivity contribution in [1.29, 1.82) is 0 Å². The van der Waals surface area contributed by atoms with Gasteiger partial charge in [0.25, 0.3) is 0 Å². The molecule has 1 atom stereocenters. The Bertz CT molecular complexity index is 743. The summed E-state index contributed by atoms with van der Waals surface area (Å²) in [6, 6.07) is 14.4. The molecule has 1 heterocycles. The second-order valence-corrected chi connectivity index (χ2v) is 6.11. The number of anilines is 2. The first-order valence-corrected chi connectivity index (χ1v) is 7.86. The minimum atomic E-state index is -0.0603. The number of carbonyl (C=O) groups excluding carboxylic acids is 2. The lowest BCUT2D eigenvalue weighted by Gasteiger charge is -2.29. The molecule has 0 bridgehead atoms.